The molecule has 0 unspecified atom stereocenters. The molecule has 2 aromatic rings. The lowest BCUT2D eigenvalue weighted by atomic mass is 9.93. The molecule has 0 aliphatic carbocycles. The number of rotatable bonds is 5. The normalized spacial score (nSPS) is 15.7. The number of piperidine rings is 1. The van der Waals surface area contributed by atoms with Crippen LogP contribution in [0.25, 0.3) is 0 Å². The number of carbonyl (C=O) groups is 2. The van der Waals surface area contributed by atoms with E-state index in [1.807, 2.05) is 21.7 Å². The van der Waals surface area contributed by atoms with Crippen LogP contribution in [0.5, 0.6) is 0 Å². The SMILES string of the molecule is O=C(NCC(F)(F)F)c1cc(C2CCN(C(=O)Cc3ccsc3)CC2)[nH]n1. The van der Waals surface area contributed by atoms with E-state index >= 15 is 0 Å². The van der Waals surface area contributed by atoms with Crippen molar-refractivity contribution in [2.45, 2.75) is 31.4 Å². The minimum Gasteiger partial charge on any atom is -0.342 e. The molecular weight excluding hydrogens is 381 g/mol. The van der Waals surface area contributed by atoms with Crippen molar-refractivity contribution < 1.29 is 22.8 Å². The highest BCUT2D eigenvalue weighted by atomic mass is 32.1. The monoisotopic (exact) mass is 400 g/mol. The Morgan fingerprint density at radius 2 is 2.07 bits per heavy atom. The number of nitrogens with one attached hydrogen (secondary N) is 2. The maximum absolute atomic E-state index is 12.3. The summed E-state index contributed by atoms with van der Waals surface area (Å²) in [6, 6.07) is 3.42. The smallest absolute Gasteiger partial charge is 0.342 e. The van der Waals surface area contributed by atoms with Crippen LogP contribution in [-0.2, 0) is 11.2 Å². The Morgan fingerprint density at radius 1 is 1.33 bits per heavy atom. The van der Waals surface area contributed by atoms with Crippen LogP contribution in [0.3, 0.4) is 0 Å². The summed E-state index contributed by atoms with van der Waals surface area (Å²) < 4.78 is 36.5. The molecule has 146 valence electrons. The van der Waals surface area contributed by atoms with Crippen LogP contribution >= 0.6 is 11.3 Å². The van der Waals surface area contributed by atoms with Gasteiger partial charge >= 0.3 is 6.18 Å². The van der Waals surface area contributed by atoms with Gasteiger partial charge in [-0.25, -0.2) is 0 Å². The molecule has 0 atom stereocenters. The van der Waals surface area contributed by atoms with Crippen LogP contribution in [-0.4, -0.2) is 52.7 Å². The zero-order chi connectivity index (χ0) is 19.4. The van der Waals surface area contributed by atoms with Gasteiger partial charge in [0.1, 0.15) is 12.2 Å². The molecule has 2 aromatic heterocycles. The van der Waals surface area contributed by atoms with Gasteiger partial charge in [-0.15, -0.1) is 0 Å². The van der Waals surface area contributed by atoms with E-state index in [9.17, 15) is 22.8 Å². The van der Waals surface area contributed by atoms with Gasteiger partial charge in [0.15, 0.2) is 0 Å². The molecular formula is C17H19F3N4O2S. The maximum atomic E-state index is 12.3. The maximum Gasteiger partial charge on any atom is 0.405 e. The second-order valence-corrected chi connectivity index (χ2v) is 7.25. The average Bonchev–Trinajstić information content (AvgIpc) is 3.31. The number of carbonyl (C=O) groups excluding carboxylic acids is 2. The highest BCUT2D eigenvalue weighted by Crippen LogP contribution is 2.27. The summed E-state index contributed by atoms with van der Waals surface area (Å²) >= 11 is 1.56. The second kappa shape index (κ2) is 8.12. The van der Waals surface area contributed by atoms with Crippen molar-refractivity contribution in [3.05, 3.63) is 39.8 Å². The molecule has 3 rings (SSSR count). The topological polar surface area (TPSA) is 78.1 Å². The van der Waals surface area contributed by atoms with Crippen LogP contribution in [0.15, 0.2) is 22.9 Å². The van der Waals surface area contributed by atoms with Gasteiger partial charge in [0.25, 0.3) is 5.91 Å². The van der Waals surface area contributed by atoms with Crippen LogP contribution in [0.1, 0.15) is 40.5 Å². The summed E-state index contributed by atoms with van der Waals surface area (Å²) in [6.07, 6.45) is -2.65. The molecule has 0 saturated carbocycles. The van der Waals surface area contributed by atoms with Crippen molar-refractivity contribution in [1.82, 2.24) is 20.4 Å². The Kier molecular flexibility index (Phi) is 5.83. The molecule has 1 aliphatic heterocycles. The number of H-pyrrole nitrogens is 1. The van der Waals surface area contributed by atoms with Crippen LogP contribution in [0.2, 0.25) is 0 Å². The number of thiophene rings is 1. The largest absolute Gasteiger partial charge is 0.405 e. The van der Waals surface area contributed by atoms with Crippen molar-refractivity contribution in [2.24, 2.45) is 0 Å². The summed E-state index contributed by atoms with van der Waals surface area (Å²) in [5.74, 6) is -0.686. The van der Waals surface area contributed by atoms with Gasteiger partial charge in [-0.05, 0) is 41.3 Å². The van der Waals surface area contributed by atoms with Crippen molar-refractivity contribution in [2.75, 3.05) is 19.6 Å². The van der Waals surface area contributed by atoms with Crippen molar-refractivity contribution in [3.8, 4) is 0 Å². The Hall–Kier alpha value is -2.36. The molecule has 0 bridgehead atoms. The molecule has 1 fully saturated rings. The summed E-state index contributed by atoms with van der Waals surface area (Å²) in [7, 11) is 0. The number of hydrogen-bond donors (Lipinski definition) is 2. The standard InChI is InChI=1S/C17H19F3N4O2S/c18-17(19,20)10-21-16(26)14-8-13(22-23-14)12-1-4-24(5-2-12)15(25)7-11-3-6-27-9-11/h3,6,8-9,12H,1-2,4-5,7,10H2,(H,21,26)(H,22,23). The molecule has 0 radical (unpaired) electrons. The van der Waals surface area contributed by atoms with Crippen LogP contribution in [0, 0.1) is 0 Å². The molecule has 2 amide bonds. The predicted octanol–water partition coefficient (Wildman–Crippen LogP) is 2.71. The Bertz CT molecular complexity index is 780. The van der Waals surface area contributed by atoms with E-state index in [4.69, 9.17) is 0 Å². The predicted molar refractivity (Wildman–Crippen MR) is 93.6 cm³/mol. The Balaban J connectivity index is 1.50. The minimum absolute atomic E-state index is 0.0646. The van der Waals surface area contributed by atoms with E-state index in [2.05, 4.69) is 10.2 Å². The highest BCUT2D eigenvalue weighted by Gasteiger charge is 2.29. The third-order valence-corrected chi connectivity index (χ3v) is 5.23. The lowest BCUT2D eigenvalue weighted by molar-refractivity contribution is -0.131. The molecule has 0 aromatic carbocycles. The van der Waals surface area contributed by atoms with E-state index in [-0.39, 0.29) is 17.5 Å². The lowest BCUT2D eigenvalue weighted by Gasteiger charge is -2.31. The molecule has 10 heteroatoms. The van der Waals surface area contributed by atoms with Crippen LogP contribution < -0.4 is 5.32 Å². The zero-order valence-electron chi connectivity index (χ0n) is 14.4. The van der Waals surface area contributed by atoms with Gasteiger partial charge < -0.3 is 10.2 Å². The van der Waals surface area contributed by atoms with Gasteiger partial charge in [0, 0.05) is 24.7 Å². The average molecular weight is 400 g/mol. The molecule has 1 saturated heterocycles. The van der Waals surface area contributed by atoms with Gasteiger partial charge in [-0.2, -0.15) is 29.6 Å². The van der Waals surface area contributed by atoms with E-state index in [0.29, 0.717) is 38.0 Å². The first-order valence-corrected chi connectivity index (χ1v) is 9.45. The number of hydrogen-bond acceptors (Lipinski definition) is 4. The van der Waals surface area contributed by atoms with Crippen LogP contribution in [0.4, 0.5) is 13.2 Å². The zero-order valence-corrected chi connectivity index (χ0v) is 15.2. The highest BCUT2D eigenvalue weighted by molar-refractivity contribution is 7.08. The summed E-state index contributed by atoms with van der Waals surface area (Å²) in [5.41, 5.74) is 1.65. The van der Waals surface area contributed by atoms with Gasteiger partial charge in [-0.3, -0.25) is 14.7 Å². The molecule has 3 heterocycles. The molecule has 1 aliphatic rings. The first kappa shape index (κ1) is 19.4. The first-order valence-electron chi connectivity index (χ1n) is 8.51. The molecule has 6 nitrogen and oxygen atoms in total. The fraction of sp³-hybridized carbons (Fsp3) is 0.471. The van der Waals surface area contributed by atoms with E-state index in [1.165, 1.54) is 6.07 Å². The summed E-state index contributed by atoms with van der Waals surface area (Å²) in [6.45, 7) is -0.191. The van der Waals surface area contributed by atoms with Gasteiger partial charge in [-0.1, -0.05) is 0 Å². The fourth-order valence-corrected chi connectivity index (χ4v) is 3.72. The first-order chi connectivity index (χ1) is 12.8. The van der Waals surface area contributed by atoms with E-state index in [0.717, 1.165) is 5.56 Å². The fourth-order valence-electron chi connectivity index (χ4n) is 3.05. The van der Waals surface area contributed by atoms with E-state index < -0.39 is 18.6 Å². The number of nitrogens with zero attached hydrogens (tertiary/aromatic N) is 2. The van der Waals surface area contributed by atoms with Gasteiger partial charge in [0.05, 0.1) is 6.42 Å². The summed E-state index contributed by atoms with van der Waals surface area (Å²) in [4.78, 5) is 25.9. The third-order valence-electron chi connectivity index (χ3n) is 4.50. The number of amides is 2. The van der Waals surface area contributed by atoms with Gasteiger partial charge in [0.2, 0.25) is 5.91 Å². The number of likely N-dealkylation sites (tertiary alicyclic amines) is 1. The molecule has 27 heavy (non-hydrogen) atoms. The van der Waals surface area contributed by atoms with Crippen molar-refractivity contribution >= 4 is 23.2 Å². The quantitative estimate of drug-likeness (QED) is 0.810. The number of alkyl halides is 3. The second-order valence-electron chi connectivity index (χ2n) is 6.47. The minimum atomic E-state index is -4.46. The number of halogens is 3. The number of aromatic amines is 1. The van der Waals surface area contributed by atoms with E-state index in [1.54, 1.807) is 16.7 Å². The lowest BCUT2D eigenvalue weighted by Crippen LogP contribution is -2.38. The molecule has 2 N–H and O–H groups in total. The third kappa shape index (κ3) is 5.31. The Labute approximate surface area is 157 Å². The molecule has 0 spiro atoms. The van der Waals surface area contributed by atoms with Crippen molar-refractivity contribution in [3.63, 3.8) is 0 Å². The van der Waals surface area contributed by atoms with Crippen molar-refractivity contribution in [1.29, 1.82) is 0 Å². The Morgan fingerprint density at radius 3 is 2.70 bits per heavy atom. The summed E-state index contributed by atoms with van der Waals surface area (Å²) in [5, 5.41) is 12.3. The number of aromatic nitrogens is 2.